The minimum atomic E-state index is -5.04. The standard InChI is InChI=1S/C6H12F3NO3S/c1-14(13,4-2-3-11)10-5(12)6(7,8)9/h11,14H,2-4H2,1H3,(H,10,12,13). The Balaban J connectivity index is 4.56. The highest BCUT2D eigenvalue weighted by Crippen LogP contribution is 2.18. The number of carbonyl (C=O) groups excluding carboxylic acids is 1. The Labute approximate surface area is 80.0 Å². The molecule has 0 saturated heterocycles. The maximum Gasteiger partial charge on any atom is 0.474 e. The van der Waals surface area contributed by atoms with Crippen molar-refractivity contribution in [3.05, 3.63) is 0 Å². The lowest BCUT2D eigenvalue weighted by Crippen LogP contribution is -2.25. The van der Waals surface area contributed by atoms with Gasteiger partial charge in [0.1, 0.15) is 0 Å². The van der Waals surface area contributed by atoms with E-state index < -0.39 is 22.2 Å². The van der Waals surface area contributed by atoms with Crippen molar-refractivity contribution in [1.82, 2.24) is 0 Å². The molecule has 14 heavy (non-hydrogen) atoms. The van der Waals surface area contributed by atoms with Crippen molar-refractivity contribution in [3.8, 4) is 0 Å². The molecule has 0 spiro atoms. The van der Waals surface area contributed by atoms with Crippen LogP contribution < -0.4 is 0 Å². The average molecular weight is 235 g/mol. The predicted octanol–water partition coefficient (Wildman–Crippen LogP) is 0.630. The van der Waals surface area contributed by atoms with Crippen molar-refractivity contribution in [2.75, 3.05) is 18.6 Å². The summed E-state index contributed by atoms with van der Waals surface area (Å²) in [7, 11) is -3.22. The zero-order valence-corrected chi connectivity index (χ0v) is 8.35. The number of amides is 1. The van der Waals surface area contributed by atoms with Crippen molar-refractivity contribution in [2.45, 2.75) is 12.6 Å². The molecule has 0 aromatic rings. The predicted molar refractivity (Wildman–Crippen MR) is 47.4 cm³/mol. The molecule has 0 fully saturated rings. The van der Waals surface area contributed by atoms with E-state index in [0.717, 1.165) is 6.26 Å². The molecule has 0 radical (unpaired) electrons. The molecule has 86 valence electrons. The van der Waals surface area contributed by atoms with E-state index >= 15 is 0 Å². The largest absolute Gasteiger partial charge is 0.474 e. The number of aliphatic hydroxyl groups excluding tert-OH is 1. The second-order valence-corrected chi connectivity index (χ2v) is 5.62. The second-order valence-electron chi connectivity index (χ2n) is 2.79. The summed E-state index contributed by atoms with van der Waals surface area (Å²) in [6.07, 6.45) is -3.83. The highest BCUT2D eigenvalue weighted by Gasteiger charge is 2.39. The fourth-order valence-electron chi connectivity index (χ4n) is 0.673. The Morgan fingerprint density at radius 2 is 2.00 bits per heavy atom. The van der Waals surface area contributed by atoms with Crippen molar-refractivity contribution < 1.29 is 27.6 Å². The van der Waals surface area contributed by atoms with Gasteiger partial charge in [0.05, 0.1) is 0 Å². The fraction of sp³-hybridized carbons (Fsp3) is 0.833. The van der Waals surface area contributed by atoms with Crippen molar-refractivity contribution in [3.63, 3.8) is 0 Å². The summed E-state index contributed by atoms with van der Waals surface area (Å²) in [4.78, 5) is 10.4. The van der Waals surface area contributed by atoms with Crippen LogP contribution in [0.25, 0.3) is 0 Å². The molecule has 0 saturated carbocycles. The quantitative estimate of drug-likeness (QED) is 0.628. The van der Waals surface area contributed by atoms with Gasteiger partial charge in [-0.25, -0.2) is 0 Å². The number of halogens is 3. The van der Waals surface area contributed by atoms with Crippen LogP contribution in [0.5, 0.6) is 0 Å². The molecule has 4 nitrogen and oxygen atoms in total. The zero-order chi connectivity index (χ0) is 11.4. The third-order valence-electron chi connectivity index (χ3n) is 1.29. The number of nitrogens with zero attached hydrogens (tertiary/aromatic N) is 1. The van der Waals surface area contributed by atoms with Gasteiger partial charge in [-0.05, 0) is 12.7 Å². The van der Waals surface area contributed by atoms with E-state index in [-0.39, 0.29) is 18.8 Å². The van der Waals surface area contributed by atoms with E-state index in [9.17, 15) is 22.5 Å². The molecule has 0 atom stereocenters. The van der Waals surface area contributed by atoms with E-state index in [0.29, 0.717) is 0 Å². The lowest BCUT2D eigenvalue weighted by Gasteiger charge is -2.17. The normalized spacial score (nSPS) is 13.9. The SMILES string of the molecule is C[SH](O)(CCCO)=NC(=O)C(F)(F)F. The summed E-state index contributed by atoms with van der Waals surface area (Å²) in [5.74, 6) is -2.36. The van der Waals surface area contributed by atoms with Gasteiger partial charge in [0.25, 0.3) is 0 Å². The molecule has 0 aromatic heterocycles. The molecule has 1 amide bonds. The van der Waals surface area contributed by atoms with E-state index in [1.807, 2.05) is 0 Å². The van der Waals surface area contributed by atoms with Crippen LogP contribution in [-0.4, -0.2) is 40.4 Å². The fourth-order valence-corrected chi connectivity index (χ4v) is 2.02. The summed E-state index contributed by atoms with van der Waals surface area (Å²) in [5, 5.41) is 8.38. The van der Waals surface area contributed by atoms with Crippen LogP contribution in [0, 0.1) is 0 Å². The first-order valence-corrected chi connectivity index (χ1v) is 6.05. The van der Waals surface area contributed by atoms with Gasteiger partial charge in [-0.2, -0.15) is 17.5 Å². The van der Waals surface area contributed by atoms with Gasteiger partial charge < -0.3 is 9.66 Å². The van der Waals surface area contributed by atoms with E-state index in [4.69, 9.17) is 5.11 Å². The topological polar surface area (TPSA) is 69.9 Å². The number of alkyl halides is 3. The van der Waals surface area contributed by atoms with Crippen molar-refractivity contribution in [2.24, 2.45) is 4.36 Å². The minimum absolute atomic E-state index is 0.0919. The summed E-state index contributed by atoms with van der Waals surface area (Å²) in [6.45, 7) is -0.258. The van der Waals surface area contributed by atoms with Crippen LogP contribution >= 0.6 is 0 Å². The summed E-state index contributed by atoms with van der Waals surface area (Å²) in [6, 6.07) is 0. The van der Waals surface area contributed by atoms with Crippen LogP contribution in [0.3, 0.4) is 0 Å². The van der Waals surface area contributed by atoms with Crippen LogP contribution in [0.1, 0.15) is 6.42 Å². The molecule has 0 aromatic carbocycles. The molecular formula is C6H12F3NO3S. The molecule has 0 aliphatic rings. The number of carbonyl (C=O) groups is 1. The Morgan fingerprint density at radius 3 is 2.36 bits per heavy atom. The van der Waals surface area contributed by atoms with Gasteiger partial charge in [0.2, 0.25) is 0 Å². The third-order valence-corrected chi connectivity index (χ3v) is 3.06. The van der Waals surface area contributed by atoms with E-state index in [2.05, 4.69) is 4.36 Å². The highest BCUT2D eigenvalue weighted by molar-refractivity contribution is 7.99. The molecular weight excluding hydrogens is 223 g/mol. The molecule has 0 aliphatic heterocycles. The highest BCUT2D eigenvalue weighted by atomic mass is 32.3. The Hall–Kier alpha value is -0.470. The Bertz CT molecular complexity index is 258. The first kappa shape index (κ1) is 13.5. The van der Waals surface area contributed by atoms with Gasteiger partial charge >= 0.3 is 12.1 Å². The van der Waals surface area contributed by atoms with Crippen LogP contribution in [0.2, 0.25) is 0 Å². The molecule has 0 rings (SSSR count). The van der Waals surface area contributed by atoms with Crippen molar-refractivity contribution in [1.29, 1.82) is 0 Å². The maximum atomic E-state index is 11.7. The smallest absolute Gasteiger partial charge is 0.396 e. The number of thiol groups is 1. The van der Waals surface area contributed by atoms with Crippen LogP contribution in [0.15, 0.2) is 4.36 Å². The minimum Gasteiger partial charge on any atom is -0.396 e. The van der Waals surface area contributed by atoms with Gasteiger partial charge in [-0.1, -0.05) is 0 Å². The Morgan fingerprint density at radius 1 is 1.50 bits per heavy atom. The molecule has 0 bridgehead atoms. The lowest BCUT2D eigenvalue weighted by molar-refractivity contribution is -0.169. The monoisotopic (exact) mass is 235 g/mol. The summed E-state index contributed by atoms with van der Waals surface area (Å²) >= 11 is 0. The number of hydrogen-bond donors (Lipinski definition) is 3. The van der Waals surface area contributed by atoms with Gasteiger partial charge in [0.15, 0.2) is 0 Å². The maximum absolute atomic E-state index is 11.7. The van der Waals surface area contributed by atoms with Gasteiger partial charge in [-0.15, -0.1) is 10.1 Å². The lowest BCUT2D eigenvalue weighted by atomic mass is 10.5. The first-order chi connectivity index (χ1) is 6.19. The molecule has 8 heteroatoms. The number of hydrogen-bond acceptors (Lipinski definition) is 2. The molecule has 0 unspecified atom stereocenters. The van der Waals surface area contributed by atoms with Crippen LogP contribution in [0.4, 0.5) is 13.2 Å². The second kappa shape index (κ2) is 4.85. The first-order valence-electron chi connectivity index (χ1n) is 3.72. The number of aliphatic hydroxyl groups is 1. The average Bonchev–Trinajstić information content (AvgIpc) is 1.98. The molecule has 0 heterocycles. The summed E-state index contributed by atoms with van der Waals surface area (Å²) in [5.41, 5.74) is 0. The van der Waals surface area contributed by atoms with Crippen LogP contribution in [-0.2, 0) is 14.9 Å². The summed E-state index contributed by atoms with van der Waals surface area (Å²) < 4.78 is 47.1. The van der Waals surface area contributed by atoms with E-state index in [1.54, 1.807) is 0 Å². The molecule has 2 N–H and O–H groups in total. The van der Waals surface area contributed by atoms with Crippen molar-refractivity contribution >= 4 is 16.0 Å². The Kier molecular flexibility index (Phi) is 4.69. The molecule has 0 aliphatic carbocycles. The van der Waals surface area contributed by atoms with E-state index in [1.165, 1.54) is 0 Å². The number of rotatable bonds is 3. The van der Waals surface area contributed by atoms with Gasteiger partial charge in [0, 0.05) is 12.4 Å². The third kappa shape index (κ3) is 5.30. The zero-order valence-electron chi connectivity index (χ0n) is 7.45. The van der Waals surface area contributed by atoms with Gasteiger partial charge in [-0.3, -0.25) is 4.79 Å².